The van der Waals surface area contributed by atoms with Crippen LogP contribution in [0.25, 0.3) is 0 Å². The quantitative estimate of drug-likeness (QED) is 0.609. The third-order valence-electron chi connectivity index (χ3n) is 2.63. The molecule has 0 radical (unpaired) electrons. The monoisotopic (exact) mass is 253 g/mol. The van der Waals surface area contributed by atoms with Gasteiger partial charge < -0.3 is 14.2 Å². The van der Waals surface area contributed by atoms with Gasteiger partial charge in [0.15, 0.2) is 11.5 Å². The highest BCUT2D eigenvalue weighted by Crippen LogP contribution is 2.40. The second-order valence-corrected chi connectivity index (χ2v) is 4.35. The molecule has 0 amide bonds. The third kappa shape index (κ3) is 2.38. The van der Waals surface area contributed by atoms with Gasteiger partial charge in [-0.05, 0) is 26.8 Å². The van der Waals surface area contributed by atoms with Crippen LogP contribution in [0.4, 0.5) is 5.69 Å². The van der Waals surface area contributed by atoms with Crippen LogP contribution in [-0.2, 0) is 4.74 Å². The number of fused-ring (bicyclic) bond motifs is 1. The molecule has 1 unspecified atom stereocenters. The number of nitro benzene ring substituents is 1. The van der Waals surface area contributed by atoms with Gasteiger partial charge in [-0.15, -0.1) is 0 Å². The largest absolute Gasteiger partial charge is 0.454 e. The van der Waals surface area contributed by atoms with Gasteiger partial charge in [0.2, 0.25) is 6.79 Å². The van der Waals surface area contributed by atoms with Crippen LogP contribution in [0, 0.1) is 10.1 Å². The minimum Gasteiger partial charge on any atom is -0.454 e. The highest BCUT2D eigenvalue weighted by atomic mass is 16.7. The van der Waals surface area contributed by atoms with Gasteiger partial charge in [-0.3, -0.25) is 10.1 Å². The second-order valence-electron chi connectivity index (χ2n) is 4.35. The lowest BCUT2D eigenvalue weighted by atomic mass is 10.1. The molecule has 6 nitrogen and oxygen atoms in total. The van der Waals surface area contributed by atoms with E-state index in [-0.39, 0.29) is 24.7 Å². The minimum atomic E-state index is -0.433. The van der Waals surface area contributed by atoms with Crippen LogP contribution in [0.3, 0.4) is 0 Å². The first-order valence-corrected chi connectivity index (χ1v) is 5.72. The Bertz CT molecular complexity index is 472. The van der Waals surface area contributed by atoms with Crippen LogP contribution < -0.4 is 9.47 Å². The summed E-state index contributed by atoms with van der Waals surface area (Å²) >= 11 is 0. The van der Waals surface area contributed by atoms with Gasteiger partial charge in [0, 0.05) is 0 Å². The summed E-state index contributed by atoms with van der Waals surface area (Å²) in [6, 6.07) is 3.01. The number of nitrogens with zero attached hydrogens (tertiary/aromatic N) is 1. The Morgan fingerprint density at radius 2 is 1.89 bits per heavy atom. The standard InChI is InChI=1S/C12H15NO5/c1-7(2)18-8(3)9-4-11-12(17-6-16-11)5-10(9)13(14)15/h4-5,7-8H,6H2,1-3H3. The molecule has 0 aromatic heterocycles. The molecule has 2 rings (SSSR count). The van der Waals surface area contributed by atoms with Crippen molar-refractivity contribution in [1.82, 2.24) is 0 Å². The van der Waals surface area contributed by atoms with Crippen LogP contribution >= 0.6 is 0 Å². The van der Waals surface area contributed by atoms with Crippen LogP contribution in [0.1, 0.15) is 32.4 Å². The average molecular weight is 253 g/mol. The van der Waals surface area contributed by atoms with Gasteiger partial charge in [-0.2, -0.15) is 0 Å². The van der Waals surface area contributed by atoms with E-state index in [1.807, 2.05) is 13.8 Å². The number of hydrogen-bond acceptors (Lipinski definition) is 5. The molecule has 0 aliphatic carbocycles. The number of hydrogen-bond donors (Lipinski definition) is 0. The first kappa shape index (κ1) is 12.6. The molecule has 0 spiro atoms. The van der Waals surface area contributed by atoms with Crippen molar-refractivity contribution >= 4 is 5.69 Å². The minimum absolute atomic E-state index is 0.00704. The summed E-state index contributed by atoms with van der Waals surface area (Å²) in [6.07, 6.45) is -0.384. The summed E-state index contributed by atoms with van der Waals surface area (Å²) < 4.78 is 16.0. The fraction of sp³-hybridized carbons (Fsp3) is 0.500. The Morgan fingerprint density at radius 1 is 1.28 bits per heavy atom. The zero-order chi connectivity index (χ0) is 13.3. The van der Waals surface area contributed by atoms with E-state index in [4.69, 9.17) is 14.2 Å². The van der Waals surface area contributed by atoms with E-state index < -0.39 is 4.92 Å². The van der Waals surface area contributed by atoms with E-state index in [0.717, 1.165) is 0 Å². The van der Waals surface area contributed by atoms with E-state index >= 15 is 0 Å². The van der Waals surface area contributed by atoms with Crippen molar-refractivity contribution in [2.24, 2.45) is 0 Å². The van der Waals surface area contributed by atoms with E-state index in [2.05, 4.69) is 0 Å². The topological polar surface area (TPSA) is 70.8 Å². The summed E-state index contributed by atoms with van der Waals surface area (Å²) in [4.78, 5) is 10.6. The predicted octanol–water partition coefficient (Wildman–Crippen LogP) is 2.81. The van der Waals surface area contributed by atoms with Crippen LogP contribution in [-0.4, -0.2) is 17.8 Å². The van der Waals surface area contributed by atoms with Crippen molar-refractivity contribution in [2.45, 2.75) is 33.0 Å². The lowest BCUT2D eigenvalue weighted by molar-refractivity contribution is -0.386. The van der Waals surface area contributed by atoms with E-state index in [9.17, 15) is 10.1 Å². The zero-order valence-corrected chi connectivity index (χ0v) is 10.5. The van der Waals surface area contributed by atoms with Gasteiger partial charge in [-0.1, -0.05) is 0 Å². The Balaban J connectivity index is 2.41. The summed E-state index contributed by atoms with van der Waals surface area (Å²) in [5, 5.41) is 11.1. The molecule has 0 N–H and O–H groups in total. The summed E-state index contributed by atoms with van der Waals surface area (Å²) in [5.74, 6) is 0.928. The number of nitro groups is 1. The summed E-state index contributed by atoms with van der Waals surface area (Å²) in [5.41, 5.74) is 0.491. The van der Waals surface area contributed by atoms with Gasteiger partial charge in [-0.25, -0.2) is 0 Å². The van der Waals surface area contributed by atoms with Crippen molar-refractivity contribution < 1.29 is 19.1 Å². The highest BCUT2D eigenvalue weighted by Gasteiger charge is 2.26. The molecule has 1 aliphatic rings. The maximum atomic E-state index is 11.1. The predicted molar refractivity (Wildman–Crippen MR) is 63.9 cm³/mol. The molecular weight excluding hydrogens is 238 g/mol. The van der Waals surface area contributed by atoms with E-state index in [0.29, 0.717) is 17.1 Å². The summed E-state index contributed by atoms with van der Waals surface area (Å²) in [7, 11) is 0. The number of rotatable bonds is 4. The lowest BCUT2D eigenvalue weighted by Crippen LogP contribution is -2.09. The molecule has 1 heterocycles. The smallest absolute Gasteiger partial charge is 0.279 e. The third-order valence-corrected chi connectivity index (χ3v) is 2.63. The van der Waals surface area contributed by atoms with E-state index in [1.165, 1.54) is 6.07 Å². The van der Waals surface area contributed by atoms with Crippen molar-refractivity contribution in [1.29, 1.82) is 0 Å². The molecule has 1 aromatic rings. The van der Waals surface area contributed by atoms with Gasteiger partial charge in [0.25, 0.3) is 5.69 Å². The van der Waals surface area contributed by atoms with E-state index in [1.54, 1.807) is 13.0 Å². The number of benzene rings is 1. The lowest BCUT2D eigenvalue weighted by Gasteiger charge is -2.16. The first-order chi connectivity index (χ1) is 8.49. The molecule has 0 saturated carbocycles. The molecule has 0 bridgehead atoms. The van der Waals surface area contributed by atoms with Gasteiger partial charge in [0.05, 0.1) is 28.8 Å². The Labute approximate surface area is 105 Å². The molecule has 1 atom stereocenters. The molecule has 1 aliphatic heterocycles. The van der Waals surface area contributed by atoms with Crippen molar-refractivity contribution in [3.63, 3.8) is 0 Å². The average Bonchev–Trinajstić information content (AvgIpc) is 2.72. The molecule has 0 fully saturated rings. The molecule has 98 valence electrons. The fourth-order valence-electron chi connectivity index (χ4n) is 1.91. The zero-order valence-electron chi connectivity index (χ0n) is 10.5. The van der Waals surface area contributed by atoms with Crippen molar-refractivity contribution in [2.75, 3.05) is 6.79 Å². The van der Waals surface area contributed by atoms with Crippen LogP contribution in [0.15, 0.2) is 12.1 Å². The Morgan fingerprint density at radius 3 is 2.44 bits per heavy atom. The number of ether oxygens (including phenoxy) is 3. The molecular formula is C12H15NO5. The SMILES string of the molecule is CC(C)OC(C)c1cc2c(cc1[N+](=O)[O-])OCO2. The van der Waals surface area contributed by atoms with Crippen molar-refractivity contribution in [3.05, 3.63) is 27.8 Å². The maximum absolute atomic E-state index is 11.1. The Hall–Kier alpha value is -1.82. The Kier molecular flexibility index (Phi) is 3.38. The molecule has 1 aromatic carbocycles. The first-order valence-electron chi connectivity index (χ1n) is 5.72. The van der Waals surface area contributed by atoms with Gasteiger partial charge >= 0.3 is 0 Å². The van der Waals surface area contributed by atoms with Crippen LogP contribution in [0.2, 0.25) is 0 Å². The fourth-order valence-corrected chi connectivity index (χ4v) is 1.91. The molecule has 18 heavy (non-hydrogen) atoms. The molecule has 6 heteroatoms. The van der Waals surface area contributed by atoms with Gasteiger partial charge in [0.1, 0.15) is 0 Å². The summed E-state index contributed by atoms with van der Waals surface area (Å²) in [6.45, 7) is 5.64. The maximum Gasteiger partial charge on any atom is 0.279 e. The normalized spacial score (nSPS) is 14.9. The second kappa shape index (κ2) is 4.81. The molecule has 0 saturated heterocycles. The van der Waals surface area contributed by atoms with Crippen molar-refractivity contribution in [3.8, 4) is 11.5 Å². The highest BCUT2D eigenvalue weighted by molar-refractivity contribution is 5.55. The van der Waals surface area contributed by atoms with Crippen LogP contribution in [0.5, 0.6) is 11.5 Å².